The monoisotopic (exact) mass is 335 g/mol. The first kappa shape index (κ1) is 17.1. The molecule has 1 saturated heterocycles. The van der Waals surface area contributed by atoms with Crippen molar-refractivity contribution in [2.45, 2.75) is 18.9 Å². The topological polar surface area (TPSA) is 49.8 Å². The van der Waals surface area contributed by atoms with Gasteiger partial charge in [-0.15, -0.1) is 0 Å². The van der Waals surface area contributed by atoms with Gasteiger partial charge in [0.1, 0.15) is 5.75 Å². The van der Waals surface area contributed by atoms with Crippen molar-refractivity contribution in [3.8, 4) is 17.6 Å². The molecule has 1 fully saturated rings. The summed E-state index contributed by atoms with van der Waals surface area (Å²) in [7, 11) is 1.63. The van der Waals surface area contributed by atoms with Crippen molar-refractivity contribution in [2.24, 2.45) is 0 Å². The number of carbonyl (C=O) groups excluding carboxylic acids is 1. The Morgan fingerprint density at radius 2 is 1.52 bits per heavy atom. The predicted molar refractivity (Wildman–Crippen MR) is 96.6 cm³/mol. The largest absolute Gasteiger partial charge is 0.497 e. The molecule has 0 aliphatic carbocycles. The Kier molecular flexibility index (Phi) is 5.37. The minimum atomic E-state index is -0.278. The number of carbonyl (C=O) groups is 1. The van der Waals surface area contributed by atoms with Gasteiger partial charge in [-0.3, -0.25) is 4.79 Å². The van der Waals surface area contributed by atoms with Gasteiger partial charge in [0, 0.05) is 29.8 Å². The fourth-order valence-corrected chi connectivity index (χ4v) is 2.77. The van der Waals surface area contributed by atoms with Crippen LogP contribution in [0.1, 0.15) is 34.3 Å². The summed E-state index contributed by atoms with van der Waals surface area (Å²) in [5, 5.41) is 9.54. The van der Waals surface area contributed by atoms with Crippen LogP contribution in [-0.4, -0.2) is 42.2 Å². The second-order valence-electron chi connectivity index (χ2n) is 6.08. The van der Waals surface area contributed by atoms with Crippen molar-refractivity contribution in [1.82, 2.24) is 4.90 Å². The van der Waals surface area contributed by atoms with Gasteiger partial charge in [0.05, 0.1) is 13.2 Å². The van der Waals surface area contributed by atoms with Crippen molar-refractivity contribution in [3.05, 3.63) is 65.2 Å². The van der Waals surface area contributed by atoms with Crippen molar-refractivity contribution in [2.75, 3.05) is 20.2 Å². The lowest BCUT2D eigenvalue weighted by Gasteiger charge is -2.29. The molecule has 1 amide bonds. The third kappa shape index (κ3) is 4.40. The third-order valence-corrected chi connectivity index (χ3v) is 4.32. The molecule has 1 aliphatic heterocycles. The Labute approximate surface area is 148 Å². The highest BCUT2D eigenvalue weighted by Gasteiger charge is 2.21. The lowest BCUT2D eigenvalue weighted by Crippen LogP contribution is -2.40. The van der Waals surface area contributed by atoms with Crippen molar-refractivity contribution >= 4 is 5.91 Å². The zero-order valence-electron chi connectivity index (χ0n) is 14.2. The lowest BCUT2D eigenvalue weighted by atomic mass is 10.1. The van der Waals surface area contributed by atoms with Crippen LogP contribution in [0.2, 0.25) is 0 Å². The van der Waals surface area contributed by atoms with E-state index in [9.17, 15) is 9.90 Å². The van der Waals surface area contributed by atoms with Gasteiger partial charge in [0.15, 0.2) is 0 Å². The molecule has 1 N–H and O–H groups in total. The molecule has 1 heterocycles. The van der Waals surface area contributed by atoms with E-state index in [1.165, 1.54) is 0 Å². The van der Waals surface area contributed by atoms with Crippen LogP contribution in [-0.2, 0) is 0 Å². The summed E-state index contributed by atoms with van der Waals surface area (Å²) in [5.74, 6) is 7.02. The number of benzene rings is 2. The zero-order chi connectivity index (χ0) is 17.6. The molecular formula is C21H21NO3. The molecule has 0 unspecified atom stereocenters. The minimum absolute atomic E-state index is 0.0153. The molecule has 0 radical (unpaired) electrons. The molecule has 0 saturated carbocycles. The number of aliphatic hydroxyl groups is 1. The van der Waals surface area contributed by atoms with Gasteiger partial charge in [-0.1, -0.05) is 11.8 Å². The highest BCUT2D eigenvalue weighted by Crippen LogP contribution is 2.15. The minimum Gasteiger partial charge on any atom is -0.497 e. The van der Waals surface area contributed by atoms with E-state index in [1.54, 1.807) is 12.0 Å². The fraction of sp³-hybridized carbons (Fsp3) is 0.286. The number of piperidine rings is 1. The maximum Gasteiger partial charge on any atom is 0.253 e. The van der Waals surface area contributed by atoms with Crippen LogP contribution < -0.4 is 4.74 Å². The number of hydrogen-bond donors (Lipinski definition) is 1. The van der Waals surface area contributed by atoms with Crippen LogP contribution in [0.3, 0.4) is 0 Å². The molecule has 1 aliphatic rings. The zero-order valence-corrected chi connectivity index (χ0v) is 14.2. The number of nitrogens with zero attached hydrogens (tertiary/aromatic N) is 1. The van der Waals surface area contributed by atoms with E-state index in [1.807, 2.05) is 48.5 Å². The highest BCUT2D eigenvalue weighted by molar-refractivity contribution is 5.94. The fourth-order valence-electron chi connectivity index (χ4n) is 2.77. The number of amides is 1. The number of hydrogen-bond acceptors (Lipinski definition) is 3. The van der Waals surface area contributed by atoms with Gasteiger partial charge in [0.25, 0.3) is 5.91 Å². The Bertz CT molecular complexity index is 777. The summed E-state index contributed by atoms with van der Waals surface area (Å²) in [5.41, 5.74) is 2.43. The van der Waals surface area contributed by atoms with E-state index < -0.39 is 0 Å². The summed E-state index contributed by atoms with van der Waals surface area (Å²) < 4.78 is 5.13. The average Bonchev–Trinajstić information content (AvgIpc) is 2.67. The molecule has 2 aromatic carbocycles. The van der Waals surface area contributed by atoms with Gasteiger partial charge >= 0.3 is 0 Å². The first-order chi connectivity index (χ1) is 12.2. The van der Waals surface area contributed by atoms with E-state index in [0.29, 0.717) is 31.5 Å². The standard InChI is InChI=1S/C21H21NO3/c1-25-20-10-6-17(7-11-20)3-2-16-4-8-18(9-5-16)21(24)22-14-12-19(23)13-15-22/h4-11,19,23H,12-15H2,1H3. The molecule has 0 aromatic heterocycles. The van der Waals surface area contributed by atoms with Crippen molar-refractivity contribution in [1.29, 1.82) is 0 Å². The summed E-state index contributed by atoms with van der Waals surface area (Å²) in [6.45, 7) is 1.22. The van der Waals surface area contributed by atoms with Crippen LogP contribution in [0, 0.1) is 11.8 Å². The van der Waals surface area contributed by atoms with Crippen LogP contribution >= 0.6 is 0 Å². The molecule has 25 heavy (non-hydrogen) atoms. The number of methoxy groups -OCH3 is 1. The molecule has 128 valence electrons. The maximum absolute atomic E-state index is 12.5. The number of likely N-dealkylation sites (tertiary alicyclic amines) is 1. The average molecular weight is 335 g/mol. The Morgan fingerprint density at radius 1 is 1.00 bits per heavy atom. The van der Waals surface area contributed by atoms with Crippen LogP contribution in [0.5, 0.6) is 5.75 Å². The first-order valence-electron chi connectivity index (χ1n) is 8.39. The van der Waals surface area contributed by atoms with Gasteiger partial charge in [-0.05, 0) is 61.4 Å². The molecule has 2 aromatic rings. The van der Waals surface area contributed by atoms with Crippen LogP contribution in [0.25, 0.3) is 0 Å². The summed E-state index contributed by atoms with van der Waals surface area (Å²) in [6, 6.07) is 14.9. The molecule has 4 heteroatoms. The summed E-state index contributed by atoms with van der Waals surface area (Å²) in [4.78, 5) is 14.3. The van der Waals surface area contributed by atoms with Crippen LogP contribution in [0.4, 0.5) is 0 Å². The molecule has 0 spiro atoms. The third-order valence-electron chi connectivity index (χ3n) is 4.32. The molecule has 3 rings (SSSR count). The highest BCUT2D eigenvalue weighted by atomic mass is 16.5. The molecule has 0 bridgehead atoms. The lowest BCUT2D eigenvalue weighted by molar-refractivity contribution is 0.0546. The number of rotatable bonds is 2. The normalized spacial score (nSPS) is 14.6. The van der Waals surface area contributed by atoms with E-state index in [4.69, 9.17) is 4.74 Å². The van der Waals surface area contributed by atoms with Gasteiger partial charge in [-0.25, -0.2) is 0 Å². The van der Waals surface area contributed by atoms with E-state index in [-0.39, 0.29) is 12.0 Å². The Balaban J connectivity index is 1.66. The Hall–Kier alpha value is -2.77. The van der Waals surface area contributed by atoms with E-state index in [2.05, 4.69) is 11.8 Å². The summed E-state index contributed by atoms with van der Waals surface area (Å²) in [6.07, 6.45) is 1.02. The van der Waals surface area contributed by atoms with Gasteiger partial charge in [-0.2, -0.15) is 0 Å². The van der Waals surface area contributed by atoms with Crippen molar-refractivity contribution < 1.29 is 14.6 Å². The SMILES string of the molecule is COc1ccc(C#Cc2ccc(C(=O)N3CCC(O)CC3)cc2)cc1. The van der Waals surface area contributed by atoms with E-state index in [0.717, 1.165) is 16.9 Å². The number of aliphatic hydroxyl groups excluding tert-OH is 1. The van der Waals surface area contributed by atoms with Gasteiger partial charge < -0.3 is 14.7 Å². The first-order valence-corrected chi connectivity index (χ1v) is 8.39. The quantitative estimate of drug-likeness (QED) is 0.859. The van der Waals surface area contributed by atoms with Gasteiger partial charge in [0.2, 0.25) is 0 Å². The van der Waals surface area contributed by atoms with E-state index >= 15 is 0 Å². The second kappa shape index (κ2) is 7.87. The number of ether oxygens (including phenoxy) is 1. The predicted octanol–water partition coefficient (Wildman–Crippen LogP) is 2.69. The molecule has 4 nitrogen and oxygen atoms in total. The Morgan fingerprint density at radius 3 is 2.04 bits per heavy atom. The second-order valence-corrected chi connectivity index (χ2v) is 6.08. The summed E-state index contributed by atoms with van der Waals surface area (Å²) >= 11 is 0. The van der Waals surface area contributed by atoms with Crippen molar-refractivity contribution in [3.63, 3.8) is 0 Å². The molecule has 0 atom stereocenters. The maximum atomic E-state index is 12.5. The van der Waals surface area contributed by atoms with Crippen LogP contribution in [0.15, 0.2) is 48.5 Å². The molecular weight excluding hydrogens is 314 g/mol. The smallest absolute Gasteiger partial charge is 0.253 e.